The van der Waals surface area contributed by atoms with Crippen LogP contribution in [0.3, 0.4) is 0 Å². The number of nitrogens with zero attached hydrogens (tertiary/aromatic N) is 3. The molecule has 2 aromatic carbocycles. The Labute approximate surface area is 174 Å². The van der Waals surface area contributed by atoms with E-state index >= 15 is 0 Å². The summed E-state index contributed by atoms with van der Waals surface area (Å²) >= 11 is 0. The van der Waals surface area contributed by atoms with Crippen molar-refractivity contribution >= 4 is 0 Å². The smallest absolute Gasteiger partial charge is 0.227 e. The predicted molar refractivity (Wildman–Crippen MR) is 109 cm³/mol. The monoisotopic (exact) mass is 409 g/mol. The third kappa shape index (κ3) is 3.89. The van der Waals surface area contributed by atoms with Gasteiger partial charge in [-0.05, 0) is 60.3 Å². The van der Waals surface area contributed by atoms with Crippen molar-refractivity contribution in [2.24, 2.45) is 5.92 Å². The Morgan fingerprint density at radius 2 is 2.17 bits per heavy atom. The molecule has 1 fully saturated rings. The van der Waals surface area contributed by atoms with Crippen molar-refractivity contribution in [3.05, 3.63) is 59.2 Å². The van der Waals surface area contributed by atoms with Gasteiger partial charge < -0.3 is 14.0 Å². The van der Waals surface area contributed by atoms with E-state index in [-0.39, 0.29) is 5.82 Å². The van der Waals surface area contributed by atoms with Gasteiger partial charge in [-0.2, -0.15) is 4.98 Å². The highest BCUT2D eigenvalue weighted by atomic mass is 19.1. The van der Waals surface area contributed by atoms with Crippen LogP contribution >= 0.6 is 0 Å². The Morgan fingerprint density at radius 1 is 1.23 bits per heavy atom. The highest BCUT2D eigenvalue weighted by Gasteiger charge is 2.25. The highest BCUT2D eigenvalue weighted by molar-refractivity contribution is 5.59. The average Bonchev–Trinajstić information content (AvgIpc) is 3.50. The predicted octanol–water partition coefficient (Wildman–Crippen LogP) is 3.88. The molecule has 0 N–H and O–H groups in total. The molecule has 0 radical (unpaired) electrons. The molecule has 6 nitrogen and oxygen atoms in total. The number of likely N-dealkylation sites (tertiary alicyclic amines) is 1. The van der Waals surface area contributed by atoms with Crippen molar-refractivity contribution in [3.63, 3.8) is 0 Å². The van der Waals surface area contributed by atoms with Crippen molar-refractivity contribution in [3.8, 4) is 22.9 Å². The van der Waals surface area contributed by atoms with Gasteiger partial charge in [-0.25, -0.2) is 4.39 Å². The van der Waals surface area contributed by atoms with Crippen molar-refractivity contribution in [1.29, 1.82) is 0 Å². The molecular formula is C23H24FN3O3. The summed E-state index contributed by atoms with van der Waals surface area (Å²) in [6.07, 6.45) is 2.77. The number of benzene rings is 2. The normalized spacial score (nSPS) is 18.4. The zero-order chi connectivity index (χ0) is 20.5. The maximum atomic E-state index is 13.6. The Kier molecular flexibility index (Phi) is 5.12. The SMILES string of the molecule is COc1cc(CN2CCC(Cc3nc(-c4ccc5c(c4)CCO5)no3)C2)ccc1F. The molecule has 1 atom stereocenters. The number of ether oxygens (including phenoxy) is 2. The molecule has 0 aliphatic carbocycles. The molecule has 0 amide bonds. The van der Waals surface area contributed by atoms with Gasteiger partial charge in [-0.1, -0.05) is 11.2 Å². The number of hydrogen-bond acceptors (Lipinski definition) is 6. The van der Waals surface area contributed by atoms with Gasteiger partial charge in [0.1, 0.15) is 5.75 Å². The largest absolute Gasteiger partial charge is 0.494 e. The highest BCUT2D eigenvalue weighted by Crippen LogP contribution is 2.30. The zero-order valence-electron chi connectivity index (χ0n) is 16.9. The van der Waals surface area contributed by atoms with Gasteiger partial charge in [0.05, 0.1) is 13.7 Å². The molecule has 1 aromatic heterocycles. The van der Waals surface area contributed by atoms with Gasteiger partial charge in [0.2, 0.25) is 11.7 Å². The van der Waals surface area contributed by atoms with Gasteiger partial charge >= 0.3 is 0 Å². The first-order valence-corrected chi connectivity index (χ1v) is 10.3. The summed E-state index contributed by atoms with van der Waals surface area (Å²) in [4.78, 5) is 6.99. The number of rotatable bonds is 6. The van der Waals surface area contributed by atoms with E-state index in [2.05, 4.69) is 21.1 Å². The molecule has 5 rings (SSSR count). The summed E-state index contributed by atoms with van der Waals surface area (Å²) in [6, 6.07) is 11.1. The Balaban J connectivity index is 1.19. The molecule has 0 saturated carbocycles. The third-order valence-electron chi connectivity index (χ3n) is 5.87. The number of halogens is 1. The van der Waals surface area contributed by atoms with E-state index in [1.165, 1.54) is 18.7 Å². The molecule has 7 heteroatoms. The van der Waals surface area contributed by atoms with Gasteiger partial charge in [-0.15, -0.1) is 0 Å². The van der Waals surface area contributed by atoms with Crippen molar-refractivity contribution in [1.82, 2.24) is 15.0 Å². The molecule has 1 saturated heterocycles. The maximum Gasteiger partial charge on any atom is 0.227 e. The standard InChI is InChI=1S/C23H24FN3O3/c1-28-21-10-15(2-4-19(21)24)13-27-8-6-16(14-27)11-22-25-23(26-30-22)18-3-5-20-17(12-18)7-9-29-20/h2-5,10,12,16H,6-9,11,13-14H2,1H3. The van der Waals surface area contributed by atoms with Crippen molar-refractivity contribution in [2.45, 2.75) is 25.8 Å². The molecule has 2 aliphatic heterocycles. The Bertz CT molecular complexity index is 1050. The average molecular weight is 409 g/mol. The minimum absolute atomic E-state index is 0.291. The fourth-order valence-electron chi connectivity index (χ4n) is 4.31. The Morgan fingerprint density at radius 3 is 3.07 bits per heavy atom. The first kappa shape index (κ1) is 19.1. The van der Waals surface area contributed by atoms with Crippen LogP contribution in [0.2, 0.25) is 0 Å². The molecule has 3 aromatic rings. The summed E-state index contributed by atoms with van der Waals surface area (Å²) in [6.45, 7) is 3.46. The van der Waals surface area contributed by atoms with Crippen LogP contribution in [0.4, 0.5) is 4.39 Å². The molecule has 0 spiro atoms. The van der Waals surface area contributed by atoms with E-state index in [9.17, 15) is 4.39 Å². The van der Waals surface area contributed by atoms with E-state index in [0.717, 1.165) is 62.4 Å². The van der Waals surface area contributed by atoms with Crippen molar-refractivity contribution < 1.29 is 18.4 Å². The van der Waals surface area contributed by atoms with Crippen LogP contribution in [0.1, 0.15) is 23.4 Å². The van der Waals surface area contributed by atoms with E-state index < -0.39 is 0 Å². The fraction of sp³-hybridized carbons (Fsp3) is 0.391. The van der Waals surface area contributed by atoms with Gasteiger partial charge in [-0.3, -0.25) is 4.90 Å². The molecule has 3 heterocycles. The number of aromatic nitrogens is 2. The van der Waals surface area contributed by atoms with E-state index in [1.54, 1.807) is 6.07 Å². The third-order valence-corrected chi connectivity index (χ3v) is 5.87. The van der Waals surface area contributed by atoms with E-state index in [0.29, 0.717) is 23.4 Å². The van der Waals surface area contributed by atoms with Crippen LogP contribution in [-0.4, -0.2) is 41.8 Å². The minimum Gasteiger partial charge on any atom is -0.494 e. The van der Waals surface area contributed by atoms with Gasteiger partial charge in [0, 0.05) is 31.5 Å². The fourth-order valence-corrected chi connectivity index (χ4v) is 4.31. The molecule has 1 unspecified atom stereocenters. The number of methoxy groups -OCH3 is 1. The van der Waals surface area contributed by atoms with Crippen LogP contribution in [0.25, 0.3) is 11.4 Å². The topological polar surface area (TPSA) is 60.6 Å². The van der Waals surface area contributed by atoms with E-state index in [4.69, 9.17) is 14.0 Å². The lowest BCUT2D eigenvalue weighted by Gasteiger charge is -2.16. The van der Waals surface area contributed by atoms with Gasteiger partial charge in [0.25, 0.3) is 0 Å². The zero-order valence-corrected chi connectivity index (χ0v) is 16.9. The Hall–Kier alpha value is -2.93. The van der Waals surface area contributed by atoms with Crippen LogP contribution in [0, 0.1) is 11.7 Å². The van der Waals surface area contributed by atoms with Crippen LogP contribution < -0.4 is 9.47 Å². The molecule has 2 aliphatic rings. The number of fused-ring (bicyclic) bond motifs is 1. The van der Waals surface area contributed by atoms with Gasteiger partial charge in [0.15, 0.2) is 11.6 Å². The quantitative estimate of drug-likeness (QED) is 0.616. The first-order chi connectivity index (χ1) is 14.7. The summed E-state index contributed by atoms with van der Waals surface area (Å²) in [5.41, 5.74) is 3.21. The lowest BCUT2D eigenvalue weighted by atomic mass is 10.1. The van der Waals surface area contributed by atoms with Crippen LogP contribution in [0.5, 0.6) is 11.5 Å². The molecular weight excluding hydrogens is 385 g/mol. The van der Waals surface area contributed by atoms with Crippen LogP contribution in [0.15, 0.2) is 40.9 Å². The number of hydrogen-bond donors (Lipinski definition) is 0. The molecule has 30 heavy (non-hydrogen) atoms. The first-order valence-electron chi connectivity index (χ1n) is 10.3. The molecule has 156 valence electrons. The minimum atomic E-state index is -0.330. The summed E-state index contributed by atoms with van der Waals surface area (Å²) in [5.74, 6) is 2.69. The second-order valence-corrected chi connectivity index (χ2v) is 8.00. The van der Waals surface area contributed by atoms with Crippen molar-refractivity contribution in [2.75, 3.05) is 26.8 Å². The second-order valence-electron chi connectivity index (χ2n) is 8.00. The summed E-state index contributed by atoms with van der Waals surface area (Å²) < 4.78 is 29.8. The lowest BCUT2D eigenvalue weighted by Crippen LogP contribution is -2.20. The van der Waals surface area contributed by atoms with Crippen LogP contribution in [-0.2, 0) is 19.4 Å². The maximum absolute atomic E-state index is 13.6. The van der Waals surface area contributed by atoms with E-state index in [1.807, 2.05) is 18.2 Å². The second kappa shape index (κ2) is 8.07. The molecule has 0 bridgehead atoms. The summed E-state index contributed by atoms with van der Waals surface area (Å²) in [7, 11) is 1.49. The summed E-state index contributed by atoms with van der Waals surface area (Å²) in [5, 5.41) is 4.18. The lowest BCUT2D eigenvalue weighted by molar-refractivity contribution is 0.304.